The monoisotopic (exact) mass is 440 g/mol. The number of hydrogen-bond acceptors (Lipinski definition) is 5. The van der Waals surface area contributed by atoms with Gasteiger partial charge in [0.2, 0.25) is 0 Å². The number of anilines is 2. The molecular formula is C27H28N4O2. The number of hydrogen-bond donors (Lipinski definition) is 1. The maximum atomic E-state index is 13.4. The molecule has 0 spiro atoms. The summed E-state index contributed by atoms with van der Waals surface area (Å²) < 4.78 is 0. The van der Waals surface area contributed by atoms with Crippen molar-refractivity contribution in [3.63, 3.8) is 0 Å². The van der Waals surface area contributed by atoms with Crippen LogP contribution in [0.5, 0.6) is 0 Å². The molecule has 6 heteroatoms. The van der Waals surface area contributed by atoms with Gasteiger partial charge in [-0.05, 0) is 62.7 Å². The Labute approximate surface area is 194 Å². The van der Waals surface area contributed by atoms with Gasteiger partial charge < -0.3 is 10.2 Å². The predicted molar refractivity (Wildman–Crippen MR) is 132 cm³/mol. The van der Waals surface area contributed by atoms with Crippen LogP contribution in [0, 0.1) is 6.92 Å². The summed E-state index contributed by atoms with van der Waals surface area (Å²) in [5.41, 5.74) is 4.99. The largest absolute Gasteiger partial charge is 0.372 e. The van der Waals surface area contributed by atoms with E-state index in [1.165, 1.54) is 4.90 Å². The maximum absolute atomic E-state index is 13.4. The summed E-state index contributed by atoms with van der Waals surface area (Å²) in [6.07, 6.45) is 1.66. The van der Waals surface area contributed by atoms with E-state index in [-0.39, 0.29) is 24.1 Å². The van der Waals surface area contributed by atoms with Gasteiger partial charge >= 0.3 is 0 Å². The number of rotatable bonds is 8. The first-order chi connectivity index (χ1) is 16.0. The van der Waals surface area contributed by atoms with Crippen molar-refractivity contribution in [1.82, 2.24) is 9.88 Å². The van der Waals surface area contributed by atoms with E-state index in [1.54, 1.807) is 6.20 Å². The van der Waals surface area contributed by atoms with Crippen molar-refractivity contribution in [3.8, 4) is 0 Å². The molecule has 168 valence electrons. The Hall–Kier alpha value is -3.93. The molecule has 4 rings (SSSR count). The first-order valence-electron chi connectivity index (χ1n) is 11.2. The third-order valence-corrected chi connectivity index (χ3v) is 5.82. The third kappa shape index (κ3) is 4.65. The first kappa shape index (κ1) is 22.3. The lowest BCUT2D eigenvalue weighted by Gasteiger charge is -2.21. The maximum Gasteiger partial charge on any atom is 0.278 e. The molecule has 1 aromatic heterocycles. The van der Waals surface area contributed by atoms with E-state index in [2.05, 4.69) is 29.0 Å². The van der Waals surface area contributed by atoms with E-state index in [0.29, 0.717) is 16.8 Å². The molecule has 1 N–H and O–H groups in total. The third-order valence-electron chi connectivity index (χ3n) is 5.82. The molecule has 0 radical (unpaired) electrons. The van der Waals surface area contributed by atoms with Crippen molar-refractivity contribution in [2.24, 2.45) is 0 Å². The highest BCUT2D eigenvalue weighted by atomic mass is 16.2. The minimum Gasteiger partial charge on any atom is -0.372 e. The van der Waals surface area contributed by atoms with Gasteiger partial charge in [-0.3, -0.25) is 19.5 Å². The summed E-state index contributed by atoms with van der Waals surface area (Å²) in [6, 6.07) is 21.0. The molecule has 0 saturated heterocycles. The van der Waals surface area contributed by atoms with Gasteiger partial charge in [0.15, 0.2) is 0 Å². The Morgan fingerprint density at radius 1 is 0.879 bits per heavy atom. The van der Waals surface area contributed by atoms with Crippen molar-refractivity contribution in [2.75, 3.05) is 23.3 Å². The summed E-state index contributed by atoms with van der Waals surface area (Å²) in [5, 5.41) is 3.23. The molecule has 3 aromatic rings. The number of carbonyl (C=O) groups excluding carboxylic acids is 2. The lowest BCUT2D eigenvalue weighted by molar-refractivity contribution is -0.137. The number of imide groups is 1. The van der Waals surface area contributed by atoms with Crippen LogP contribution in [0.1, 0.15) is 30.7 Å². The summed E-state index contributed by atoms with van der Waals surface area (Å²) in [5.74, 6) is -0.675. The fourth-order valence-electron chi connectivity index (χ4n) is 3.97. The number of amides is 2. The molecule has 1 aliphatic heterocycles. The highest BCUT2D eigenvalue weighted by molar-refractivity contribution is 6.36. The minimum absolute atomic E-state index is 0.125. The molecule has 2 heterocycles. The van der Waals surface area contributed by atoms with Gasteiger partial charge in [-0.25, -0.2) is 0 Å². The highest BCUT2D eigenvalue weighted by Gasteiger charge is 2.39. The van der Waals surface area contributed by atoms with Crippen molar-refractivity contribution < 1.29 is 9.59 Å². The molecule has 33 heavy (non-hydrogen) atoms. The van der Waals surface area contributed by atoms with E-state index in [9.17, 15) is 9.59 Å². The zero-order chi connectivity index (χ0) is 23.4. The second-order valence-electron chi connectivity index (χ2n) is 7.98. The number of pyridine rings is 1. The van der Waals surface area contributed by atoms with Crippen molar-refractivity contribution >= 4 is 28.8 Å². The molecule has 0 unspecified atom stereocenters. The van der Waals surface area contributed by atoms with Crippen LogP contribution in [-0.2, 0) is 16.1 Å². The Kier molecular flexibility index (Phi) is 6.54. The van der Waals surface area contributed by atoms with E-state index in [0.717, 1.165) is 30.0 Å². The van der Waals surface area contributed by atoms with E-state index in [4.69, 9.17) is 0 Å². The average Bonchev–Trinajstić information content (AvgIpc) is 3.06. The minimum atomic E-state index is -0.353. The van der Waals surface area contributed by atoms with Crippen LogP contribution in [-0.4, -0.2) is 34.8 Å². The van der Waals surface area contributed by atoms with Crippen molar-refractivity contribution in [1.29, 1.82) is 0 Å². The summed E-state index contributed by atoms with van der Waals surface area (Å²) in [6.45, 7) is 8.19. The lowest BCUT2D eigenvalue weighted by atomic mass is 10.0. The zero-order valence-electron chi connectivity index (χ0n) is 19.2. The van der Waals surface area contributed by atoms with Crippen LogP contribution in [0.25, 0.3) is 5.57 Å². The van der Waals surface area contributed by atoms with Gasteiger partial charge in [0.1, 0.15) is 5.70 Å². The number of aromatic nitrogens is 1. The zero-order valence-corrected chi connectivity index (χ0v) is 19.2. The van der Waals surface area contributed by atoms with Gasteiger partial charge in [0.25, 0.3) is 11.8 Å². The van der Waals surface area contributed by atoms with Gasteiger partial charge in [-0.1, -0.05) is 35.9 Å². The number of nitrogens with one attached hydrogen (secondary N) is 1. The summed E-state index contributed by atoms with van der Waals surface area (Å²) in [7, 11) is 0. The Balaban J connectivity index is 1.68. The van der Waals surface area contributed by atoms with Crippen LogP contribution in [0.3, 0.4) is 0 Å². The summed E-state index contributed by atoms with van der Waals surface area (Å²) in [4.78, 5) is 34.6. The van der Waals surface area contributed by atoms with Crippen LogP contribution in [0.2, 0.25) is 0 Å². The SMILES string of the molecule is CCN(CC)c1ccc(NC2=C(c3ccc(C)cc3)C(=O)N(Cc3ccccn3)C2=O)cc1. The van der Waals surface area contributed by atoms with Crippen LogP contribution in [0.15, 0.2) is 78.6 Å². The predicted octanol–water partition coefficient (Wildman–Crippen LogP) is 4.63. The molecule has 0 saturated carbocycles. The van der Waals surface area contributed by atoms with Crippen LogP contribution < -0.4 is 10.2 Å². The second kappa shape index (κ2) is 9.69. The van der Waals surface area contributed by atoms with Gasteiger partial charge in [0, 0.05) is 30.7 Å². The molecule has 6 nitrogen and oxygen atoms in total. The smallest absolute Gasteiger partial charge is 0.278 e. The number of aryl methyl sites for hydroxylation is 1. The quantitative estimate of drug-likeness (QED) is 0.518. The number of carbonyl (C=O) groups is 2. The molecule has 0 atom stereocenters. The van der Waals surface area contributed by atoms with Crippen LogP contribution in [0.4, 0.5) is 11.4 Å². The van der Waals surface area contributed by atoms with Gasteiger partial charge in [-0.15, -0.1) is 0 Å². The first-order valence-corrected chi connectivity index (χ1v) is 11.2. The molecule has 2 aromatic carbocycles. The Bertz CT molecular complexity index is 1170. The second-order valence-corrected chi connectivity index (χ2v) is 7.98. The topological polar surface area (TPSA) is 65.5 Å². The van der Waals surface area contributed by atoms with E-state index in [1.807, 2.05) is 73.7 Å². The lowest BCUT2D eigenvalue weighted by Crippen LogP contribution is -2.32. The van der Waals surface area contributed by atoms with E-state index >= 15 is 0 Å². The molecule has 0 bridgehead atoms. The van der Waals surface area contributed by atoms with Gasteiger partial charge in [0.05, 0.1) is 17.8 Å². The van der Waals surface area contributed by atoms with Gasteiger partial charge in [-0.2, -0.15) is 0 Å². The molecule has 0 aliphatic carbocycles. The molecule has 0 fully saturated rings. The number of benzene rings is 2. The molecule has 1 aliphatic rings. The molecule has 2 amide bonds. The highest BCUT2D eigenvalue weighted by Crippen LogP contribution is 2.32. The van der Waals surface area contributed by atoms with Crippen molar-refractivity contribution in [3.05, 3.63) is 95.4 Å². The normalized spacial score (nSPS) is 13.6. The van der Waals surface area contributed by atoms with Crippen LogP contribution >= 0.6 is 0 Å². The fraction of sp³-hybridized carbons (Fsp3) is 0.222. The summed E-state index contributed by atoms with van der Waals surface area (Å²) >= 11 is 0. The average molecular weight is 441 g/mol. The van der Waals surface area contributed by atoms with E-state index < -0.39 is 0 Å². The fourth-order valence-corrected chi connectivity index (χ4v) is 3.97. The van der Waals surface area contributed by atoms with Crippen molar-refractivity contribution in [2.45, 2.75) is 27.3 Å². The molecular weight excluding hydrogens is 412 g/mol. The Morgan fingerprint density at radius 2 is 1.58 bits per heavy atom. The number of nitrogens with zero attached hydrogens (tertiary/aromatic N) is 3. The Morgan fingerprint density at radius 3 is 2.18 bits per heavy atom. The standard InChI is InChI=1S/C27H28N4O2/c1-4-30(5-2)23-15-13-21(14-16-23)29-25-24(20-11-9-19(3)10-12-20)26(32)31(27(25)33)18-22-8-6-7-17-28-22/h6-17,29H,4-5,18H2,1-3H3.